The predicted molar refractivity (Wildman–Crippen MR) is 103 cm³/mol. The molecule has 27 heavy (non-hydrogen) atoms. The van der Waals surface area contributed by atoms with E-state index in [0.717, 1.165) is 4.90 Å². The average Bonchev–Trinajstić information content (AvgIpc) is 2.97. The van der Waals surface area contributed by atoms with Crippen LogP contribution in [-0.4, -0.2) is 58.9 Å². The lowest BCUT2D eigenvalue weighted by Crippen LogP contribution is -2.53. The number of anilines is 2. The lowest BCUT2D eigenvalue weighted by Gasteiger charge is -2.36. The van der Waals surface area contributed by atoms with Crippen LogP contribution in [0.5, 0.6) is 0 Å². The van der Waals surface area contributed by atoms with Gasteiger partial charge in [-0.15, -0.1) is 0 Å². The molecule has 9 heteroatoms. The molecule has 1 aromatic carbocycles. The molecule has 2 saturated heterocycles. The van der Waals surface area contributed by atoms with E-state index in [-0.39, 0.29) is 34.0 Å². The Morgan fingerprint density at radius 2 is 1.56 bits per heavy atom. The van der Waals surface area contributed by atoms with Crippen molar-refractivity contribution in [2.75, 3.05) is 36.0 Å². The number of rotatable bonds is 3. The molecule has 140 valence electrons. The quantitative estimate of drug-likeness (QED) is 0.729. The number of carbonyl (C=O) groups excluding carboxylic acids is 2. The van der Waals surface area contributed by atoms with Crippen LogP contribution in [-0.2, 0) is 9.59 Å². The SMILES string of the molecule is O=C1C[C@@H](N2CCN(c3ncccn3)CC2)C(=O)N1c1c(Cl)cccc1Cl. The standard InChI is InChI=1S/C18H17Cl2N5O2/c19-12-3-1-4-13(20)16(12)25-15(26)11-14(17(25)27)23-7-9-24(10-8-23)18-21-5-2-6-22-18/h1-6,14H,7-11H2/t14-/m1/s1. The third-order valence-electron chi connectivity index (χ3n) is 4.87. The van der Waals surface area contributed by atoms with Gasteiger partial charge >= 0.3 is 0 Å². The highest BCUT2D eigenvalue weighted by molar-refractivity contribution is 6.42. The van der Waals surface area contributed by atoms with Gasteiger partial charge in [-0.3, -0.25) is 14.5 Å². The van der Waals surface area contributed by atoms with Crippen LogP contribution in [0.25, 0.3) is 0 Å². The van der Waals surface area contributed by atoms with Gasteiger partial charge in [0.15, 0.2) is 0 Å². The molecule has 1 atom stereocenters. The summed E-state index contributed by atoms with van der Waals surface area (Å²) in [6.45, 7) is 2.67. The molecule has 3 heterocycles. The second kappa shape index (κ2) is 7.42. The van der Waals surface area contributed by atoms with E-state index in [4.69, 9.17) is 23.2 Å². The first-order valence-electron chi connectivity index (χ1n) is 8.63. The number of nitrogens with zero attached hydrogens (tertiary/aromatic N) is 5. The van der Waals surface area contributed by atoms with Crippen molar-refractivity contribution in [2.45, 2.75) is 12.5 Å². The van der Waals surface area contributed by atoms with Crippen LogP contribution in [0.15, 0.2) is 36.7 Å². The van der Waals surface area contributed by atoms with E-state index < -0.39 is 6.04 Å². The number of halogens is 2. The van der Waals surface area contributed by atoms with Gasteiger partial charge in [-0.1, -0.05) is 29.3 Å². The minimum absolute atomic E-state index is 0.127. The highest BCUT2D eigenvalue weighted by Crippen LogP contribution is 2.37. The summed E-state index contributed by atoms with van der Waals surface area (Å²) in [5.41, 5.74) is 0.273. The van der Waals surface area contributed by atoms with E-state index in [0.29, 0.717) is 32.1 Å². The second-order valence-corrected chi connectivity index (χ2v) is 7.24. The largest absolute Gasteiger partial charge is 0.338 e. The van der Waals surface area contributed by atoms with Gasteiger partial charge in [0.05, 0.1) is 28.2 Å². The van der Waals surface area contributed by atoms with Crippen LogP contribution in [0.3, 0.4) is 0 Å². The Morgan fingerprint density at radius 1 is 0.926 bits per heavy atom. The van der Waals surface area contributed by atoms with Crippen molar-refractivity contribution in [1.29, 1.82) is 0 Å². The van der Waals surface area contributed by atoms with Crippen molar-refractivity contribution in [3.63, 3.8) is 0 Å². The fourth-order valence-electron chi connectivity index (χ4n) is 3.53. The third kappa shape index (κ3) is 3.38. The van der Waals surface area contributed by atoms with Crippen LogP contribution < -0.4 is 9.80 Å². The summed E-state index contributed by atoms with van der Waals surface area (Å²) in [6, 6.07) is 6.20. The zero-order valence-corrected chi connectivity index (χ0v) is 15.9. The van der Waals surface area contributed by atoms with E-state index in [9.17, 15) is 9.59 Å². The first-order valence-corrected chi connectivity index (χ1v) is 9.38. The Bertz CT molecular complexity index is 851. The van der Waals surface area contributed by atoms with E-state index >= 15 is 0 Å². The summed E-state index contributed by atoms with van der Waals surface area (Å²) in [7, 11) is 0. The van der Waals surface area contributed by atoms with Crippen LogP contribution in [0.2, 0.25) is 10.0 Å². The Kier molecular flexibility index (Phi) is 4.99. The van der Waals surface area contributed by atoms with Crippen molar-refractivity contribution in [2.24, 2.45) is 0 Å². The molecule has 0 N–H and O–H groups in total. The Morgan fingerprint density at radius 3 is 2.19 bits per heavy atom. The molecule has 2 aliphatic heterocycles. The Hall–Kier alpha value is -2.22. The number of imide groups is 1. The van der Waals surface area contributed by atoms with Crippen LogP contribution >= 0.6 is 23.2 Å². The van der Waals surface area contributed by atoms with Gasteiger partial charge in [-0.25, -0.2) is 14.9 Å². The van der Waals surface area contributed by atoms with Gasteiger partial charge < -0.3 is 4.90 Å². The number of amides is 2. The van der Waals surface area contributed by atoms with Gasteiger partial charge in [0.25, 0.3) is 5.91 Å². The maximum atomic E-state index is 13.0. The molecule has 0 aliphatic carbocycles. The maximum Gasteiger partial charge on any atom is 0.251 e. The monoisotopic (exact) mass is 405 g/mol. The van der Waals surface area contributed by atoms with Gasteiger partial charge in [0.1, 0.15) is 0 Å². The van der Waals surface area contributed by atoms with Crippen LogP contribution in [0.1, 0.15) is 6.42 Å². The van der Waals surface area contributed by atoms with E-state index in [1.54, 1.807) is 36.7 Å². The molecule has 0 bridgehead atoms. The highest BCUT2D eigenvalue weighted by Gasteiger charge is 2.44. The number of para-hydroxylation sites is 1. The first kappa shape index (κ1) is 18.2. The summed E-state index contributed by atoms with van der Waals surface area (Å²) in [4.78, 5) is 39.3. The summed E-state index contributed by atoms with van der Waals surface area (Å²) >= 11 is 12.4. The molecule has 0 saturated carbocycles. The zero-order valence-electron chi connectivity index (χ0n) is 14.4. The predicted octanol–water partition coefficient (Wildman–Crippen LogP) is 2.24. The average molecular weight is 406 g/mol. The first-order chi connectivity index (χ1) is 13.1. The van der Waals surface area contributed by atoms with Crippen molar-refractivity contribution < 1.29 is 9.59 Å². The fourth-order valence-corrected chi connectivity index (χ4v) is 4.09. The van der Waals surface area contributed by atoms with Gasteiger partial charge in [0, 0.05) is 38.6 Å². The number of hydrogen-bond acceptors (Lipinski definition) is 6. The molecule has 2 aromatic rings. The van der Waals surface area contributed by atoms with Gasteiger partial charge in [-0.05, 0) is 18.2 Å². The summed E-state index contributed by atoms with van der Waals surface area (Å²) < 4.78 is 0. The molecule has 1 aromatic heterocycles. The molecule has 0 unspecified atom stereocenters. The highest BCUT2D eigenvalue weighted by atomic mass is 35.5. The van der Waals surface area contributed by atoms with Gasteiger partial charge in [-0.2, -0.15) is 0 Å². The summed E-state index contributed by atoms with van der Waals surface area (Å²) in [5.74, 6) is 0.115. The normalized spacial score (nSPS) is 21.2. The molecule has 2 fully saturated rings. The van der Waals surface area contributed by atoms with Gasteiger partial charge in [0.2, 0.25) is 11.9 Å². The molecule has 2 aliphatic rings. The molecule has 7 nitrogen and oxygen atoms in total. The maximum absolute atomic E-state index is 13.0. The summed E-state index contributed by atoms with van der Waals surface area (Å²) in [5, 5.41) is 0.576. The molecule has 0 spiro atoms. The number of piperazine rings is 1. The van der Waals surface area contributed by atoms with Crippen molar-refractivity contribution in [3.05, 3.63) is 46.7 Å². The third-order valence-corrected chi connectivity index (χ3v) is 5.48. The van der Waals surface area contributed by atoms with Crippen LogP contribution in [0.4, 0.5) is 11.6 Å². The summed E-state index contributed by atoms with van der Waals surface area (Å²) in [6.07, 6.45) is 3.54. The molecule has 2 amide bonds. The topological polar surface area (TPSA) is 69.6 Å². The Labute approximate surface area is 166 Å². The number of hydrogen-bond donors (Lipinski definition) is 0. The Balaban J connectivity index is 1.49. The smallest absolute Gasteiger partial charge is 0.251 e. The minimum Gasteiger partial charge on any atom is -0.338 e. The molecule has 4 rings (SSSR count). The minimum atomic E-state index is -0.497. The molecule has 0 radical (unpaired) electrons. The molecular weight excluding hydrogens is 389 g/mol. The van der Waals surface area contributed by atoms with E-state index in [1.165, 1.54) is 0 Å². The molecular formula is C18H17Cl2N5O2. The number of aromatic nitrogens is 2. The lowest BCUT2D eigenvalue weighted by atomic mass is 10.2. The number of carbonyl (C=O) groups is 2. The van der Waals surface area contributed by atoms with Crippen LogP contribution in [0, 0.1) is 0 Å². The zero-order chi connectivity index (χ0) is 19.0. The van der Waals surface area contributed by atoms with E-state index in [2.05, 4.69) is 14.9 Å². The number of benzene rings is 1. The fraction of sp³-hybridized carbons (Fsp3) is 0.333. The van der Waals surface area contributed by atoms with Crippen molar-refractivity contribution in [1.82, 2.24) is 14.9 Å². The van der Waals surface area contributed by atoms with Crippen molar-refractivity contribution >= 4 is 46.7 Å². The second-order valence-electron chi connectivity index (χ2n) is 6.43. The van der Waals surface area contributed by atoms with Crippen molar-refractivity contribution in [3.8, 4) is 0 Å². The lowest BCUT2D eigenvalue weighted by molar-refractivity contribution is -0.123. The van der Waals surface area contributed by atoms with E-state index in [1.807, 2.05) is 4.90 Å².